The van der Waals surface area contributed by atoms with Crippen LogP contribution < -0.4 is 0 Å². The number of hydrogen-bond acceptors (Lipinski definition) is 2. The van der Waals surface area contributed by atoms with Gasteiger partial charge in [-0.05, 0) is 31.2 Å². The van der Waals surface area contributed by atoms with Gasteiger partial charge in [-0.3, -0.25) is 4.79 Å². The molecular formula is C12H7BrCl2OS. The van der Waals surface area contributed by atoms with Crippen LogP contribution >= 0.6 is 50.5 Å². The molecule has 0 aliphatic heterocycles. The Morgan fingerprint density at radius 1 is 1.24 bits per heavy atom. The fraction of sp³-hybridized carbons (Fsp3) is 0.0833. The Balaban J connectivity index is 2.56. The van der Waals surface area contributed by atoms with Crippen molar-refractivity contribution in [3.8, 4) is 10.4 Å². The van der Waals surface area contributed by atoms with Crippen LogP contribution in [0.25, 0.3) is 10.4 Å². The number of halogens is 3. The van der Waals surface area contributed by atoms with E-state index in [2.05, 4.69) is 15.9 Å². The monoisotopic (exact) mass is 348 g/mol. The van der Waals surface area contributed by atoms with Crippen molar-refractivity contribution in [3.63, 3.8) is 0 Å². The van der Waals surface area contributed by atoms with Crippen LogP contribution in [0.15, 0.2) is 28.7 Å². The minimum absolute atomic E-state index is 0.0469. The summed E-state index contributed by atoms with van der Waals surface area (Å²) in [5, 5.41) is 1.14. The number of hydrogen-bond donors (Lipinski definition) is 0. The van der Waals surface area contributed by atoms with Crippen molar-refractivity contribution in [1.82, 2.24) is 0 Å². The summed E-state index contributed by atoms with van der Waals surface area (Å²) >= 11 is 17.1. The molecule has 0 spiro atoms. The molecular weight excluding hydrogens is 343 g/mol. The van der Waals surface area contributed by atoms with Gasteiger partial charge in [-0.1, -0.05) is 39.1 Å². The molecule has 2 rings (SSSR count). The first-order chi connectivity index (χ1) is 7.99. The summed E-state index contributed by atoms with van der Waals surface area (Å²) in [6.45, 7) is 1.54. The second kappa shape index (κ2) is 5.11. The van der Waals surface area contributed by atoms with Crippen molar-refractivity contribution in [2.24, 2.45) is 0 Å². The molecule has 0 amide bonds. The van der Waals surface area contributed by atoms with Crippen LogP contribution in [0.2, 0.25) is 10.0 Å². The third-order valence-electron chi connectivity index (χ3n) is 2.21. The fourth-order valence-corrected chi connectivity index (χ4v) is 3.94. The second-order valence-corrected chi connectivity index (χ2v) is 6.28. The molecule has 0 fully saturated rings. The maximum Gasteiger partial charge on any atom is 0.169 e. The highest BCUT2D eigenvalue weighted by molar-refractivity contribution is 9.10. The molecule has 0 atom stereocenters. The smallest absolute Gasteiger partial charge is 0.169 e. The predicted octanol–water partition coefficient (Wildman–Crippen LogP) is 5.69. The van der Waals surface area contributed by atoms with Crippen LogP contribution in [0.5, 0.6) is 0 Å². The zero-order chi connectivity index (χ0) is 12.6. The standard InChI is InChI=1S/C12H7BrCl2OS/c1-6(16)10-2-3-11(17-10)12-8(14)4-7(13)5-9(12)15/h2-5H,1H3. The van der Waals surface area contributed by atoms with Gasteiger partial charge in [0.1, 0.15) is 0 Å². The van der Waals surface area contributed by atoms with Gasteiger partial charge < -0.3 is 0 Å². The van der Waals surface area contributed by atoms with Gasteiger partial charge >= 0.3 is 0 Å². The molecule has 1 heterocycles. The van der Waals surface area contributed by atoms with Gasteiger partial charge in [0.05, 0.1) is 14.9 Å². The molecule has 1 aromatic heterocycles. The van der Waals surface area contributed by atoms with Gasteiger partial charge in [-0.25, -0.2) is 0 Å². The molecule has 0 saturated carbocycles. The minimum Gasteiger partial charge on any atom is -0.294 e. The molecule has 0 unspecified atom stereocenters. The Kier molecular flexibility index (Phi) is 3.93. The summed E-state index contributed by atoms with van der Waals surface area (Å²) in [7, 11) is 0. The number of carbonyl (C=O) groups is 1. The quantitative estimate of drug-likeness (QED) is 0.636. The summed E-state index contributed by atoms with van der Waals surface area (Å²) in [5.74, 6) is 0.0469. The van der Waals surface area contributed by atoms with Crippen LogP contribution in [-0.2, 0) is 0 Å². The summed E-state index contributed by atoms with van der Waals surface area (Å²) in [6.07, 6.45) is 0. The SMILES string of the molecule is CC(=O)c1ccc(-c2c(Cl)cc(Br)cc2Cl)s1. The summed E-state index contributed by atoms with van der Waals surface area (Å²) in [5.41, 5.74) is 0.772. The topological polar surface area (TPSA) is 17.1 Å². The van der Waals surface area contributed by atoms with E-state index in [9.17, 15) is 4.79 Å². The zero-order valence-corrected chi connectivity index (χ0v) is 12.7. The highest BCUT2D eigenvalue weighted by Crippen LogP contribution is 2.40. The maximum atomic E-state index is 11.3. The zero-order valence-electron chi connectivity index (χ0n) is 8.76. The van der Waals surface area contributed by atoms with Gasteiger partial charge in [0.2, 0.25) is 0 Å². The average molecular weight is 350 g/mol. The van der Waals surface area contributed by atoms with Gasteiger partial charge in [0, 0.05) is 14.9 Å². The molecule has 0 aliphatic carbocycles. The lowest BCUT2D eigenvalue weighted by molar-refractivity contribution is 0.102. The Morgan fingerprint density at radius 3 is 2.29 bits per heavy atom. The minimum atomic E-state index is 0.0469. The largest absolute Gasteiger partial charge is 0.294 e. The Morgan fingerprint density at radius 2 is 1.82 bits per heavy atom. The number of ketones is 1. The molecule has 1 aromatic carbocycles. The van der Waals surface area contributed by atoms with E-state index >= 15 is 0 Å². The number of Topliss-reactive ketones (excluding diaryl/α,β-unsaturated/α-hetero) is 1. The number of carbonyl (C=O) groups excluding carboxylic acids is 1. The van der Waals surface area contributed by atoms with E-state index in [0.29, 0.717) is 14.9 Å². The summed E-state index contributed by atoms with van der Waals surface area (Å²) in [6, 6.07) is 7.23. The van der Waals surface area contributed by atoms with Gasteiger partial charge in [0.15, 0.2) is 5.78 Å². The Labute approximate surface area is 121 Å². The first-order valence-electron chi connectivity index (χ1n) is 4.74. The molecule has 17 heavy (non-hydrogen) atoms. The second-order valence-electron chi connectivity index (χ2n) is 3.46. The van der Waals surface area contributed by atoms with Gasteiger partial charge in [-0.15, -0.1) is 11.3 Å². The molecule has 0 radical (unpaired) electrons. The van der Waals surface area contributed by atoms with E-state index in [1.165, 1.54) is 11.3 Å². The van der Waals surface area contributed by atoms with E-state index in [0.717, 1.165) is 14.9 Å². The first kappa shape index (κ1) is 13.1. The lowest BCUT2D eigenvalue weighted by atomic mass is 10.2. The molecule has 0 aliphatic rings. The van der Waals surface area contributed by atoms with Crippen LogP contribution in [0, 0.1) is 0 Å². The van der Waals surface area contributed by atoms with Crippen molar-refractivity contribution < 1.29 is 4.79 Å². The van der Waals surface area contributed by atoms with Crippen molar-refractivity contribution in [2.45, 2.75) is 6.92 Å². The lowest BCUT2D eigenvalue weighted by Gasteiger charge is -2.05. The van der Waals surface area contributed by atoms with E-state index in [1.54, 1.807) is 25.1 Å². The molecule has 88 valence electrons. The molecule has 0 bridgehead atoms. The van der Waals surface area contributed by atoms with Crippen molar-refractivity contribution in [3.05, 3.63) is 43.7 Å². The molecule has 2 aromatic rings. The Hall–Kier alpha value is -0.350. The third-order valence-corrected chi connectivity index (χ3v) is 4.46. The highest BCUT2D eigenvalue weighted by atomic mass is 79.9. The van der Waals surface area contributed by atoms with E-state index < -0.39 is 0 Å². The highest BCUT2D eigenvalue weighted by Gasteiger charge is 2.13. The van der Waals surface area contributed by atoms with Gasteiger partial charge in [0.25, 0.3) is 0 Å². The maximum absolute atomic E-state index is 11.3. The lowest BCUT2D eigenvalue weighted by Crippen LogP contribution is -1.83. The van der Waals surface area contributed by atoms with Crippen LogP contribution in [0.3, 0.4) is 0 Å². The van der Waals surface area contributed by atoms with E-state index in [1.807, 2.05) is 6.07 Å². The fourth-order valence-electron chi connectivity index (χ4n) is 1.44. The molecule has 0 saturated heterocycles. The predicted molar refractivity (Wildman–Crippen MR) is 77.5 cm³/mol. The summed E-state index contributed by atoms with van der Waals surface area (Å²) < 4.78 is 0.833. The first-order valence-corrected chi connectivity index (χ1v) is 7.11. The number of rotatable bonds is 2. The van der Waals surface area contributed by atoms with Crippen molar-refractivity contribution in [1.29, 1.82) is 0 Å². The number of benzene rings is 1. The van der Waals surface area contributed by atoms with Crippen LogP contribution in [-0.4, -0.2) is 5.78 Å². The average Bonchev–Trinajstić information content (AvgIpc) is 2.65. The van der Waals surface area contributed by atoms with Crippen molar-refractivity contribution in [2.75, 3.05) is 0 Å². The molecule has 0 N–H and O–H groups in total. The van der Waals surface area contributed by atoms with Crippen LogP contribution in [0.1, 0.15) is 16.6 Å². The van der Waals surface area contributed by atoms with Crippen LogP contribution in [0.4, 0.5) is 0 Å². The number of thiophene rings is 1. The van der Waals surface area contributed by atoms with Gasteiger partial charge in [-0.2, -0.15) is 0 Å². The van der Waals surface area contributed by atoms with E-state index in [-0.39, 0.29) is 5.78 Å². The van der Waals surface area contributed by atoms with Crippen molar-refractivity contribution >= 4 is 56.3 Å². The normalized spacial score (nSPS) is 10.6. The Bertz CT molecular complexity index is 569. The molecule has 1 nitrogen and oxygen atoms in total. The summed E-state index contributed by atoms with van der Waals surface area (Å²) in [4.78, 5) is 12.9. The third kappa shape index (κ3) is 2.74. The molecule has 5 heteroatoms. The van der Waals surface area contributed by atoms with E-state index in [4.69, 9.17) is 23.2 Å².